The van der Waals surface area contributed by atoms with E-state index in [-0.39, 0.29) is 12.5 Å². The van der Waals surface area contributed by atoms with E-state index in [0.717, 1.165) is 22.2 Å². The van der Waals surface area contributed by atoms with Crippen LogP contribution >= 0.6 is 27.3 Å². The van der Waals surface area contributed by atoms with Crippen LogP contribution in [0.1, 0.15) is 12.5 Å². The van der Waals surface area contributed by atoms with Gasteiger partial charge < -0.3 is 4.74 Å². The van der Waals surface area contributed by atoms with Crippen LogP contribution < -0.4 is 10.1 Å². The molecule has 3 rings (SSSR count). The molecule has 0 aliphatic heterocycles. The molecule has 0 aliphatic rings. The smallest absolute Gasteiger partial charge is 0.264 e. The van der Waals surface area contributed by atoms with E-state index >= 15 is 0 Å². The van der Waals surface area contributed by atoms with Crippen molar-refractivity contribution in [3.05, 3.63) is 63.9 Å². The molecule has 0 bridgehead atoms. The average molecular weight is 417 g/mol. The van der Waals surface area contributed by atoms with Gasteiger partial charge in [0.1, 0.15) is 5.75 Å². The van der Waals surface area contributed by atoms with E-state index in [2.05, 4.69) is 33.2 Å². The second-order valence-electron chi connectivity index (χ2n) is 5.38. The summed E-state index contributed by atoms with van der Waals surface area (Å²) in [6.45, 7) is 2.04. The van der Waals surface area contributed by atoms with Gasteiger partial charge in [-0.1, -0.05) is 47.1 Å². The normalized spacial score (nSPS) is 10.5. The van der Waals surface area contributed by atoms with Gasteiger partial charge in [0, 0.05) is 15.4 Å². The van der Waals surface area contributed by atoms with E-state index in [9.17, 15) is 4.79 Å². The van der Waals surface area contributed by atoms with Crippen LogP contribution in [0, 0.1) is 0 Å². The third-order valence-corrected chi connectivity index (χ3v) is 4.85. The Morgan fingerprint density at radius 3 is 2.80 bits per heavy atom. The van der Waals surface area contributed by atoms with Gasteiger partial charge in [-0.3, -0.25) is 10.1 Å². The fourth-order valence-corrected chi connectivity index (χ4v) is 3.24. The molecule has 128 valence electrons. The zero-order chi connectivity index (χ0) is 17.6. The van der Waals surface area contributed by atoms with Gasteiger partial charge in [-0.25, -0.2) is 4.98 Å². The van der Waals surface area contributed by atoms with Crippen molar-refractivity contribution in [2.24, 2.45) is 0 Å². The number of ether oxygens (including phenoxy) is 1. The van der Waals surface area contributed by atoms with Gasteiger partial charge >= 0.3 is 0 Å². The molecule has 2 aromatic carbocycles. The van der Waals surface area contributed by atoms with Gasteiger partial charge in [0.15, 0.2) is 11.7 Å². The van der Waals surface area contributed by atoms with Crippen LogP contribution in [0.5, 0.6) is 5.75 Å². The quantitative estimate of drug-likeness (QED) is 0.603. The summed E-state index contributed by atoms with van der Waals surface area (Å²) in [5.74, 6) is 0.475. The Morgan fingerprint density at radius 2 is 2.04 bits per heavy atom. The van der Waals surface area contributed by atoms with Gasteiger partial charge in [-0.2, -0.15) is 0 Å². The summed E-state index contributed by atoms with van der Waals surface area (Å²) < 4.78 is 6.56. The molecule has 3 aromatic rings. The summed E-state index contributed by atoms with van der Waals surface area (Å²) >= 11 is 4.81. The fraction of sp³-hybridized carbons (Fsp3) is 0.158. The predicted molar refractivity (Wildman–Crippen MR) is 105 cm³/mol. The SMILES string of the molecule is CCc1cccc(OCC(=O)Nc2nc(-c3ccc(Br)cc3)cs2)c1. The second-order valence-corrected chi connectivity index (χ2v) is 7.16. The first kappa shape index (κ1) is 17.6. The summed E-state index contributed by atoms with van der Waals surface area (Å²) in [4.78, 5) is 16.5. The third kappa shape index (κ3) is 4.90. The number of amides is 1. The lowest BCUT2D eigenvalue weighted by Gasteiger charge is -2.07. The first-order valence-corrected chi connectivity index (χ1v) is 9.54. The Labute approximate surface area is 159 Å². The average Bonchev–Trinajstić information content (AvgIpc) is 3.09. The second kappa shape index (κ2) is 8.27. The van der Waals surface area contributed by atoms with E-state index in [1.165, 1.54) is 16.9 Å². The summed E-state index contributed by atoms with van der Waals surface area (Å²) in [5, 5.41) is 5.26. The Kier molecular flexibility index (Phi) is 5.83. The van der Waals surface area contributed by atoms with Gasteiger partial charge in [-0.05, 0) is 36.2 Å². The first-order valence-electron chi connectivity index (χ1n) is 7.87. The maximum absolute atomic E-state index is 12.1. The van der Waals surface area contributed by atoms with Crippen molar-refractivity contribution < 1.29 is 9.53 Å². The fourth-order valence-electron chi connectivity index (χ4n) is 2.24. The maximum atomic E-state index is 12.1. The molecule has 0 spiro atoms. The molecule has 0 saturated heterocycles. The number of hydrogen-bond acceptors (Lipinski definition) is 4. The summed E-state index contributed by atoms with van der Waals surface area (Å²) in [7, 11) is 0. The number of nitrogens with one attached hydrogen (secondary N) is 1. The summed E-state index contributed by atoms with van der Waals surface area (Å²) in [6, 6.07) is 15.6. The summed E-state index contributed by atoms with van der Waals surface area (Å²) in [6.07, 6.45) is 0.932. The number of carbonyl (C=O) groups is 1. The third-order valence-electron chi connectivity index (χ3n) is 3.57. The minimum Gasteiger partial charge on any atom is -0.484 e. The zero-order valence-corrected chi connectivity index (χ0v) is 16.1. The van der Waals surface area contributed by atoms with Crippen molar-refractivity contribution in [1.82, 2.24) is 4.98 Å². The molecule has 4 nitrogen and oxygen atoms in total. The van der Waals surface area contributed by atoms with Crippen LogP contribution in [-0.4, -0.2) is 17.5 Å². The molecule has 1 amide bonds. The molecule has 0 saturated carbocycles. The Bertz CT molecular complexity index is 862. The standard InChI is InChI=1S/C19H17BrN2O2S/c1-2-13-4-3-5-16(10-13)24-11-18(23)22-19-21-17(12-25-19)14-6-8-15(20)9-7-14/h3-10,12H,2,11H2,1H3,(H,21,22,23). The van der Waals surface area contributed by atoms with E-state index < -0.39 is 0 Å². The highest BCUT2D eigenvalue weighted by atomic mass is 79.9. The van der Waals surface area contributed by atoms with Crippen LogP contribution in [0.25, 0.3) is 11.3 Å². The Hall–Kier alpha value is -2.18. The van der Waals surface area contributed by atoms with Crippen molar-refractivity contribution in [3.8, 4) is 17.0 Å². The highest BCUT2D eigenvalue weighted by Crippen LogP contribution is 2.26. The van der Waals surface area contributed by atoms with Crippen molar-refractivity contribution >= 4 is 38.3 Å². The lowest BCUT2D eigenvalue weighted by atomic mass is 10.2. The topological polar surface area (TPSA) is 51.2 Å². The molecule has 0 aliphatic carbocycles. The van der Waals surface area contributed by atoms with Crippen LogP contribution in [-0.2, 0) is 11.2 Å². The molecular formula is C19H17BrN2O2S. The molecule has 0 unspecified atom stereocenters. The predicted octanol–water partition coefficient (Wildman–Crippen LogP) is 5.15. The lowest BCUT2D eigenvalue weighted by Crippen LogP contribution is -2.20. The molecule has 1 N–H and O–H groups in total. The Morgan fingerprint density at radius 1 is 1.24 bits per heavy atom. The largest absolute Gasteiger partial charge is 0.484 e. The van der Waals surface area contributed by atoms with Crippen molar-refractivity contribution in [2.75, 3.05) is 11.9 Å². The van der Waals surface area contributed by atoms with E-state index in [1.54, 1.807) is 0 Å². The van der Waals surface area contributed by atoms with Crippen LogP contribution in [0.2, 0.25) is 0 Å². The highest BCUT2D eigenvalue weighted by Gasteiger charge is 2.09. The molecule has 1 aromatic heterocycles. The van der Waals surface area contributed by atoms with E-state index in [4.69, 9.17) is 4.74 Å². The highest BCUT2D eigenvalue weighted by molar-refractivity contribution is 9.10. The minimum atomic E-state index is -0.224. The van der Waals surface area contributed by atoms with Crippen molar-refractivity contribution in [1.29, 1.82) is 0 Å². The molecule has 0 fully saturated rings. The first-order chi connectivity index (χ1) is 12.1. The number of aryl methyl sites for hydroxylation is 1. The lowest BCUT2D eigenvalue weighted by molar-refractivity contribution is -0.118. The van der Waals surface area contributed by atoms with Gasteiger partial charge in [-0.15, -0.1) is 11.3 Å². The number of benzene rings is 2. The van der Waals surface area contributed by atoms with Crippen LogP contribution in [0.15, 0.2) is 58.4 Å². The monoisotopic (exact) mass is 416 g/mol. The zero-order valence-electron chi connectivity index (χ0n) is 13.7. The summed E-state index contributed by atoms with van der Waals surface area (Å²) in [5.41, 5.74) is 3.02. The molecular weight excluding hydrogens is 400 g/mol. The van der Waals surface area contributed by atoms with Gasteiger partial charge in [0.25, 0.3) is 5.91 Å². The number of nitrogens with zero attached hydrogens (tertiary/aromatic N) is 1. The molecule has 25 heavy (non-hydrogen) atoms. The molecule has 0 radical (unpaired) electrons. The number of thiazole rings is 1. The molecule has 1 heterocycles. The van der Waals surface area contributed by atoms with Gasteiger partial charge in [0.05, 0.1) is 5.69 Å². The van der Waals surface area contributed by atoms with E-state index in [0.29, 0.717) is 10.9 Å². The number of carbonyl (C=O) groups excluding carboxylic acids is 1. The number of hydrogen-bond donors (Lipinski definition) is 1. The minimum absolute atomic E-state index is 0.0413. The van der Waals surface area contributed by atoms with Gasteiger partial charge in [0.2, 0.25) is 0 Å². The number of rotatable bonds is 6. The number of halogens is 1. The van der Waals surface area contributed by atoms with Crippen molar-refractivity contribution in [2.45, 2.75) is 13.3 Å². The maximum Gasteiger partial charge on any atom is 0.264 e. The molecule has 6 heteroatoms. The number of aromatic nitrogens is 1. The van der Waals surface area contributed by atoms with Crippen LogP contribution in [0.3, 0.4) is 0 Å². The van der Waals surface area contributed by atoms with E-state index in [1.807, 2.05) is 53.9 Å². The molecule has 0 atom stereocenters. The Balaban J connectivity index is 1.57. The van der Waals surface area contributed by atoms with Crippen LogP contribution in [0.4, 0.5) is 5.13 Å². The number of anilines is 1. The van der Waals surface area contributed by atoms with Crippen molar-refractivity contribution in [3.63, 3.8) is 0 Å².